The molecule has 1 aromatic carbocycles. The van der Waals surface area contributed by atoms with Crippen molar-refractivity contribution in [2.45, 2.75) is 24.7 Å². The van der Waals surface area contributed by atoms with Crippen LogP contribution in [-0.4, -0.2) is 28.0 Å². The summed E-state index contributed by atoms with van der Waals surface area (Å²) in [5, 5.41) is 7.75. The van der Waals surface area contributed by atoms with Gasteiger partial charge in [0.2, 0.25) is 15.9 Å². The van der Waals surface area contributed by atoms with E-state index in [-0.39, 0.29) is 10.8 Å². The minimum absolute atomic E-state index is 0.0300. The van der Waals surface area contributed by atoms with Crippen molar-refractivity contribution in [3.63, 3.8) is 0 Å². The maximum Gasteiger partial charge on any atom is 0.238 e. The van der Waals surface area contributed by atoms with Gasteiger partial charge in [-0.3, -0.25) is 4.79 Å². The van der Waals surface area contributed by atoms with E-state index < -0.39 is 10.0 Å². The van der Waals surface area contributed by atoms with Crippen molar-refractivity contribution in [1.82, 2.24) is 0 Å². The molecule has 1 amide bonds. The number of ether oxygens (including phenoxy) is 1. The molecule has 0 atom stereocenters. The summed E-state index contributed by atoms with van der Waals surface area (Å²) in [6.45, 7) is 2.23. The monoisotopic (exact) mass is 286 g/mol. The van der Waals surface area contributed by atoms with Crippen molar-refractivity contribution in [3.05, 3.63) is 23.8 Å². The molecule has 7 heteroatoms. The number of amides is 1. The Balaban J connectivity index is 2.73. The zero-order chi connectivity index (χ0) is 14.5. The minimum atomic E-state index is -3.72. The zero-order valence-corrected chi connectivity index (χ0v) is 11.8. The first-order chi connectivity index (χ1) is 8.84. The molecule has 1 aromatic rings. The topological polar surface area (TPSA) is 98.5 Å². The van der Waals surface area contributed by atoms with Crippen LogP contribution in [0.15, 0.2) is 23.1 Å². The van der Waals surface area contributed by atoms with Crippen molar-refractivity contribution in [2.24, 2.45) is 5.14 Å². The van der Waals surface area contributed by atoms with Gasteiger partial charge in [-0.1, -0.05) is 0 Å². The first kappa shape index (κ1) is 15.6. The molecule has 0 saturated heterocycles. The fourth-order valence-electron chi connectivity index (χ4n) is 1.54. The molecule has 0 saturated carbocycles. The molecule has 0 aliphatic rings. The summed E-state index contributed by atoms with van der Waals surface area (Å²) in [7, 11) is -2.14. The van der Waals surface area contributed by atoms with Crippen LogP contribution in [0.4, 0.5) is 5.69 Å². The smallest absolute Gasteiger partial charge is 0.238 e. The fraction of sp³-hybridized carbons (Fsp3) is 0.417. The molecule has 1 rings (SSSR count). The lowest BCUT2D eigenvalue weighted by Crippen LogP contribution is -2.15. The molecular weight excluding hydrogens is 268 g/mol. The Labute approximate surface area is 113 Å². The quantitative estimate of drug-likeness (QED) is 0.762. The van der Waals surface area contributed by atoms with E-state index in [1.807, 2.05) is 0 Å². The van der Waals surface area contributed by atoms with Gasteiger partial charge >= 0.3 is 0 Å². The number of methoxy groups -OCH3 is 1. The third kappa shape index (κ3) is 4.98. The Kier molecular flexibility index (Phi) is 5.46. The van der Waals surface area contributed by atoms with E-state index in [2.05, 4.69) is 5.32 Å². The van der Waals surface area contributed by atoms with Crippen molar-refractivity contribution >= 4 is 21.6 Å². The first-order valence-corrected chi connectivity index (χ1v) is 7.31. The molecule has 0 fully saturated rings. The summed E-state index contributed by atoms with van der Waals surface area (Å²) in [4.78, 5) is 11.6. The molecule has 6 nitrogen and oxygen atoms in total. The van der Waals surface area contributed by atoms with Crippen LogP contribution in [0.2, 0.25) is 0 Å². The summed E-state index contributed by atoms with van der Waals surface area (Å²) >= 11 is 0. The second-order valence-corrected chi connectivity index (χ2v) is 5.73. The zero-order valence-electron chi connectivity index (χ0n) is 11.0. The summed E-state index contributed by atoms with van der Waals surface area (Å²) in [5.74, 6) is -0.136. The maximum absolute atomic E-state index is 11.6. The van der Waals surface area contributed by atoms with Gasteiger partial charge in [0.1, 0.15) is 0 Å². The van der Waals surface area contributed by atoms with Crippen LogP contribution in [0.25, 0.3) is 0 Å². The minimum Gasteiger partial charge on any atom is -0.385 e. The highest BCUT2D eigenvalue weighted by Crippen LogP contribution is 2.19. The Morgan fingerprint density at radius 3 is 2.63 bits per heavy atom. The number of rotatable bonds is 6. The molecule has 0 aliphatic carbocycles. The molecular formula is C12H18N2O4S. The molecule has 3 N–H and O–H groups in total. The number of hydrogen-bond donors (Lipinski definition) is 2. The van der Waals surface area contributed by atoms with Crippen molar-refractivity contribution in [3.8, 4) is 0 Å². The third-order valence-corrected chi connectivity index (χ3v) is 3.46. The second kappa shape index (κ2) is 6.65. The normalized spacial score (nSPS) is 11.3. The van der Waals surface area contributed by atoms with Gasteiger partial charge in [-0.25, -0.2) is 13.6 Å². The number of nitrogens with two attached hydrogens (primary N) is 1. The van der Waals surface area contributed by atoms with Crippen LogP contribution < -0.4 is 10.5 Å². The van der Waals surface area contributed by atoms with E-state index in [0.29, 0.717) is 30.7 Å². The number of aryl methyl sites for hydroxylation is 1. The van der Waals surface area contributed by atoms with Gasteiger partial charge in [-0.2, -0.15) is 0 Å². The van der Waals surface area contributed by atoms with E-state index in [1.165, 1.54) is 18.2 Å². The first-order valence-electron chi connectivity index (χ1n) is 5.77. The number of anilines is 1. The van der Waals surface area contributed by atoms with Crippen molar-refractivity contribution in [1.29, 1.82) is 0 Å². The lowest BCUT2D eigenvalue weighted by atomic mass is 10.2. The van der Waals surface area contributed by atoms with E-state index in [0.717, 1.165) is 0 Å². The molecule has 0 spiro atoms. The molecule has 19 heavy (non-hydrogen) atoms. The summed E-state index contributed by atoms with van der Waals surface area (Å²) in [6, 6.07) is 4.33. The predicted octanol–water partition coefficient (Wildman–Crippen LogP) is 1.01. The number of sulfonamides is 1. The van der Waals surface area contributed by atoms with Gasteiger partial charge in [0.05, 0.1) is 4.90 Å². The Bertz CT molecular complexity index is 555. The molecule has 106 valence electrons. The van der Waals surface area contributed by atoms with Crippen molar-refractivity contribution < 1.29 is 17.9 Å². The Hall–Kier alpha value is -1.44. The summed E-state index contributed by atoms with van der Waals surface area (Å²) in [6.07, 6.45) is 0.987. The number of hydrogen-bond acceptors (Lipinski definition) is 4. The fourth-order valence-corrected chi connectivity index (χ4v) is 2.14. The average Bonchev–Trinajstić information content (AvgIpc) is 2.31. The molecule has 0 aromatic heterocycles. The number of benzene rings is 1. The Morgan fingerprint density at radius 2 is 2.11 bits per heavy atom. The predicted molar refractivity (Wildman–Crippen MR) is 72.3 cm³/mol. The maximum atomic E-state index is 11.6. The second-order valence-electron chi connectivity index (χ2n) is 4.17. The number of primary sulfonamides is 1. The third-order valence-electron chi connectivity index (χ3n) is 2.55. The molecule has 0 radical (unpaired) electrons. The van der Waals surface area contributed by atoms with Crippen LogP contribution in [0.5, 0.6) is 0 Å². The summed E-state index contributed by atoms with van der Waals surface area (Å²) in [5.41, 5.74) is 1.22. The lowest BCUT2D eigenvalue weighted by molar-refractivity contribution is -0.116. The van der Waals surface area contributed by atoms with E-state index in [1.54, 1.807) is 14.0 Å². The van der Waals surface area contributed by atoms with Gasteiger partial charge in [-0.15, -0.1) is 0 Å². The average molecular weight is 286 g/mol. The lowest BCUT2D eigenvalue weighted by Gasteiger charge is -2.09. The van der Waals surface area contributed by atoms with Gasteiger partial charge in [-0.05, 0) is 37.1 Å². The van der Waals surface area contributed by atoms with Crippen LogP contribution in [0, 0.1) is 6.92 Å². The SMILES string of the molecule is COCCCC(=O)Nc1ccc(S(N)(=O)=O)cc1C. The Morgan fingerprint density at radius 1 is 1.42 bits per heavy atom. The van der Waals surface area contributed by atoms with E-state index >= 15 is 0 Å². The molecule has 0 bridgehead atoms. The summed E-state index contributed by atoms with van der Waals surface area (Å²) < 4.78 is 27.2. The van der Waals surface area contributed by atoms with Crippen LogP contribution in [-0.2, 0) is 19.6 Å². The largest absolute Gasteiger partial charge is 0.385 e. The van der Waals surface area contributed by atoms with Gasteiger partial charge in [0.15, 0.2) is 0 Å². The number of carbonyl (C=O) groups excluding carboxylic acids is 1. The van der Waals surface area contributed by atoms with Gasteiger partial charge in [0, 0.05) is 25.8 Å². The standard InChI is InChI=1S/C12H18N2O4S/c1-9-8-10(19(13,16)17)5-6-11(9)14-12(15)4-3-7-18-2/h5-6,8H,3-4,7H2,1-2H3,(H,14,15)(H2,13,16,17). The van der Waals surface area contributed by atoms with Gasteiger partial charge < -0.3 is 10.1 Å². The highest BCUT2D eigenvalue weighted by Gasteiger charge is 2.10. The molecule has 0 aliphatic heterocycles. The number of carbonyl (C=O) groups is 1. The van der Waals surface area contributed by atoms with Crippen molar-refractivity contribution in [2.75, 3.05) is 19.0 Å². The van der Waals surface area contributed by atoms with E-state index in [4.69, 9.17) is 9.88 Å². The molecule has 0 heterocycles. The van der Waals surface area contributed by atoms with Gasteiger partial charge in [0.25, 0.3) is 0 Å². The highest BCUT2D eigenvalue weighted by molar-refractivity contribution is 7.89. The highest BCUT2D eigenvalue weighted by atomic mass is 32.2. The molecule has 0 unspecified atom stereocenters. The van der Waals surface area contributed by atoms with Crippen LogP contribution in [0.1, 0.15) is 18.4 Å². The van der Waals surface area contributed by atoms with Crippen LogP contribution >= 0.6 is 0 Å². The number of nitrogens with one attached hydrogen (secondary N) is 1. The van der Waals surface area contributed by atoms with E-state index in [9.17, 15) is 13.2 Å². The van der Waals surface area contributed by atoms with Crippen LogP contribution in [0.3, 0.4) is 0 Å².